The van der Waals surface area contributed by atoms with Crippen LogP contribution in [-0.2, 0) is 16.6 Å². The van der Waals surface area contributed by atoms with Gasteiger partial charge >= 0.3 is 5.97 Å². The zero-order valence-corrected chi connectivity index (χ0v) is 13.4. The van der Waals surface area contributed by atoms with Crippen LogP contribution in [0.4, 0.5) is 0 Å². The number of hydrogen-bond acceptors (Lipinski definition) is 4. The van der Waals surface area contributed by atoms with Crippen LogP contribution in [0.15, 0.2) is 6.20 Å². The number of carbonyl (C=O) groups is 2. The van der Waals surface area contributed by atoms with Gasteiger partial charge in [0.1, 0.15) is 0 Å². The molecule has 0 aliphatic carbocycles. The Balaban J connectivity index is 2.28. The van der Waals surface area contributed by atoms with Crippen LogP contribution in [0.2, 0.25) is 0 Å². The molecule has 1 N–H and O–H groups in total. The average molecular weight is 309 g/mol. The van der Waals surface area contributed by atoms with Gasteiger partial charge in [-0.2, -0.15) is 5.10 Å². The van der Waals surface area contributed by atoms with Crippen molar-refractivity contribution in [3.63, 3.8) is 0 Å². The molecule has 22 heavy (non-hydrogen) atoms. The molecule has 2 rings (SSSR count). The molecule has 1 aromatic rings. The Labute approximate surface area is 129 Å². The fourth-order valence-corrected chi connectivity index (χ4v) is 2.94. The van der Waals surface area contributed by atoms with Gasteiger partial charge < -0.3 is 14.7 Å². The van der Waals surface area contributed by atoms with Gasteiger partial charge in [0.25, 0.3) is 5.91 Å². The van der Waals surface area contributed by atoms with E-state index in [0.717, 1.165) is 5.69 Å². The summed E-state index contributed by atoms with van der Waals surface area (Å²) in [6.07, 6.45) is 2.07. The van der Waals surface area contributed by atoms with Crippen molar-refractivity contribution in [2.45, 2.75) is 44.8 Å². The molecular weight excluding hydrogens is 286 g/mol. The van der Waals surface area contributed by atoms with Crippen LogP contribution < -0.4 is 0 Å². The van der Waals surface area contributed by atoms with E-state index in [9.17, 15) is 9.59 Å². The number of carboxylic acid groups (broad SMARTS) is 1. The van der Waals surface area contributed by atoms with Crippen molar-refractivity contribution in [3.8, 4) is 0 Å². The summed E-state index contributed by atoms with van der Waals surface area (Å²) in [7, 11) is 3.36. The number of nitrogens with zero attached hydrogens (tertiary/aromatic N) is 3. The van der Waals surface area contributed by atoms with E-state index in [2.05, 4.69) is 5.10 Å². The van der Waals surface area contributed by atoms with Gasteiger partial charge in [-0.1, -0.05) is 13.8 Å². The molecule has 2 heterocycles. The Morgan fingerprint density at radius 2 is 2.18 bits per heavy atom. The smallest absolute Gasteiger partial charge is 0.305 e. The first kappa shape index (κ1) is 16.5. The zero-order valence-electron chi connectivity index (χ0n) is 13.4. The predicted molar refractivity (Wildman–Crippen MR) is 79.8 cm³/mol. The Bertz CT molecular complexity index is 567. The highest BCUT2D eigenvalue weighted by Gasteiger charge is 2.38. The number of amides is 1. The molecule has 0 saturated carbocycles. The largest absolute Gasteiger partial charge is 0.481 e. The lowest BCUT2D eigenvalue weighted by Crippen LogP contribution is -2.37. The minimum absolute atomic E-state index is 0.0666. The summed E-state index contributed by atoms with van der Waals surface area (Å²) in [5.41, 5.74) is 1.28. The normalized spacial score (nSPS) is 21.6. The molecule has 0 bridgehead atoms. The number of rotatable bonds is 5. The van der Waals surface area contributed by atoms with Gasteiger partial charge in [-0.25, -0.2) is 0 Å². The standard InChI is InChI=1S/C15H23N3O4/c1-9(2)14-12(8-17(3)16-14)15(21)18-7-11(22-4)5-10(18)6-13(19)20/h8-11H,5-7H2,1-4H3,(H,19,20). The predicted octanol–water partition coefficient (Wildman–Crippen LogP) is 1.25. The van der Waals surface area contributed by atoms with E-state index in [1.165, 1.54) is 0 Å². The summed E-state index contributed by atoms with van der Waals surface area (Å²) in [4.78, 5) is 25.5. The maximum Gasteiger partial charge on any atom is 0.305 e. The van der Waals surface area contributed by atoms with Crippen LogP contribution >= 0.6 is 0 Å². The van der Waals surface area contributed by atoms with Gasteiger partial charge in [-0.3, -0.25) is 14.3 Å². The van der Waals surface area contributed by atoms with Gasteiger partial charge in [0.2, 0.25) is 0 Å². The lowest BCUT2D eigenvalue weighted by atomic mass is 10.0. The molecule has 0 spiro atoms. The van der Waals surface area contributed by atoms with Gasteiger partial charge in [-0.05, 0) is 12.3 Å². The number of methoxy groups -OCH3 is 1. The summed E-state index contributed by atoms with van der Waals surface area (Å²) in [6.45, 7) is 4.38. The summed E-state index contributed by atoms with van der Waals surface area (Å²) in [5, 5.41) is 13.4. The summed E-state index contributed by atoms with van der Waals surface area (Å²) >= 11 is 0. The third-order valence-corrected chi connectivity index (χ3v) is 4.02. The minimum atomic E-state index is -0.908. The molecule has 122 valence electrons. The topological polar surface area (TPSA) is 84.7 Å². The molecule has 1 amide bonds. The van der Waals surface area contributed by atoms with E-state index in [1.54, 1.807) is 29.9 Å². The Kier molecular flexibility index (Phi) is 4.85. The second-order valence-corrected chi connectivity index (χ2v) is 6.06. The molecular formula is C15H23N3O4. The number of aliphatic carboxylic acids is 1. The fraction of sp³-hybridized carbons (Fsp3) is 0.667. The van der Waals surface area contributed by atoms with Crippen molar-refractivity contribution in [1.29, 1.82) is 0 Å². The SMILES string of the molecule is COC1CC(CC(=O)O)N(C(=O)c2cn(C)nc2C(C)C)C1. The van der Waals surface area contributed by atoms with E-state index in [1.807, 2.05) is 13.8 Å². The van der Waals surface area contributed by atoms with E-state index in [-0.39, 0.29) is 30.4 Å². The van der Waals surface area contributed by atoms with Crippen LogP contribution in [0.3, 0.4) is 0 Å². The second-order valence-electron chi connectivity index (χ2n) is 6.06. The third kappa shape index (κ3) is 3.30. The highest BCUT2D eigenvalue weighted by atomic mass is 16.5. The number of hydrogen-bond donors (Lipinski definition) is 1. The molecule has 0 aromatic carbocycles. The minimum Gasteiger partial charge on any atom is -0.481 e. The van der Waals surface area contributed by atoms with Crippen molar-refractivity contribution in [2.75, 3.05) is 13.7 Å². The molecule has 1 fully saturated rings. The molecule has 1 aliphatic heterocycles. The van der Waals surface area contributed by atoms with E-state index < -0.39 is 5.97 Å². The number of carbonyl (C=O) groups excluding carboxylic acids is 1. The number of likely N-dealkylation sites (tertiary alicyclic amines) is 1. The van der Waals surface area contributed by atoms with Crippen LogP contribution in [0.1, 0.15) is 48.7 Å². The van der Waals surface area contributed by atoms with Crippen LogP contribution in [0, 0.1) is 0 Å². The molecule has 2 atom stereocenters. The van der Waals surface area contributed by atoms with Gasteiger partial charge in [0.15, 0.2) is 0 Å². The summed E-state index contributed by atoms with van der Waals surface area (Å²) < 4.78 is 6.94. The van der Waals surface area contributed by atoms with Crippen molar-refractivity contribution in [1.82, 2.24) is 14.7 Å². The lowest BCUT2D eigenvalue weighted by Gasteiger charge is -2.23. The molecule has 1 saturated heterocycles. The third-order valence-electron chi connectivity index (χ3n) is 4.02. The second kappa shape index (κ2) is 6.48. The first-order chi connectivity index (χ1) is 10.3. The molecule has 1 aliphatic rings. The first-order valence-corrected chi connectivity index (χ1v) is 7.42. The van der Waals surface area contributed by atoms with Crippen LogP contribution in [-0.4, -0.2) is 57.5 Å². The van der Waals surface area contributed by atoms with Gasteiger partial charge in [0.05, 0.1) is 23.8 Å². The van der Waals surface area contributed by atoms with Crippen molar-refractivity contribution >= 4 is 11.9 Å². The monoisotopic (exact) mass is 309 g/mol. The average Bonchev–Trinajstić information content (AvgIpc) is 3.01. The number of ether oxygens (including phenoxy) is 1. The van der Waals surface area contributed by atoms with Gasteiger partial charge in [-0.15, -0.1) is 0 Å². The Morgan fingerprint density at radius 1 is 1.50 bits per heavy atom. The molecule has 7 nitrogen and oxygen atoms in total. The molecule has 7 heteroatoms. The molecule has 0 radical (unpaired) electrons. The zero-order chi connectivity index (χ0) is 16.4. The fourth-order valence-electron chi connectivity index (χ4n) is 2.94. The Hall–Kier alpha value is -1.89. The summed E-state index contributed by atoms with van der Waals surface area (Å²) in [5.74, 6) is -0.948. The number of aromatic nitrogens is 2. The highest BCUT2D eigenvalue weighted by Crippen LogP contribution is 2.27. The summed E-state index contributed by atoms with van der Waals surface area (Å²) in [6, 6.07) is -0.338. The quantitative estimate of drug-likeness (QED) is 0.885. The van der Waals surface area contributed by atoms with Crippen molar-refractivity contribution in [3.05, 3.63) is 17.5 Å². The maximum atomic E-state index is 12.9. The Morgan fingerprint density at radius 3 is 2.73 bits per heavy atom. The van der Waals surface area contributed by atoms with Crippen LogP contribution in [0.5, 0.6) is 0 Å². The maximum absolute atomic E-state index is 12.9. The number of carboxylic acids is 1. The van der Waals surface area contributed by atoms with Gasteiger partial charge in [0, 0.05) is 32.9 Å². The van der Waals surface area contributed by atoms with Crippen molar-refractivity contribution < 1.29 is 19.4 Å². The first-order valence-electron chi connectivity index (χ1n) is 7.42. The van der Waals surface area contributed by atoms with Crippen LogP contribution in [0.25, 0.3) is 0 Å². The molecule has 1 aromatic heterocycles. The number of aryl methyl sites for hydroxylation is 1. The lowest BCUT2D eigenvalue weighted by molar-refractivity contribution is -0.137. The molecule has 2 unspecified atom stereocenters. The van der Waals surface area contributed by atoms with E-state index in [4.69, 9.17) is 9.84 Å². The van der Waals surface area contributed by atoms with E-state index in [0.29, 0.717) is 18.5 Å². The van der Waals surface area contributed by atoms with Crippen molar-refractivity contribution in [2.24, 2.45) is 7.05 Å². The highest BCUT2D eigenvalue weighted by molar-refractivity contribution is 5.96. The van der Waals surface area contributed by atoms with E-state index >= 15 is 0 Å².